The van der Waals surface area contributed by atoms with Gasteiger partial charge in [0.1, 0.15) is 29.5 Å². The van der Waals surface area contributed by atoms with Crippen LogP contribution in [-0.4, -0.2) is 71.5 Å². The van der Waals surface area contributed by atoms with Crippen molar-refractivity contribution in [2.24, 2.45) is 0 Å². The number of ether oxygens (including phenoxy) is 5. The summed E-state index contributed by atoms with van der Waals surface area (Å²) in [7, 11) is 9.31. The standard InChI is InChI=1S/C19H23NO3.C18H20BrNO2/c1-20-9-10-23-19(14-5-4-6-16(11-14)21-2)18-8-7-17(22-3)12-15(18)13-20;1-20-8-9-22-18(13-4-3-5-16(11-13)21-2)17-7-6-15(19)10-14(17)12-20/h4-8,11-12,19H,9-10,13H2,1-3H3;3-7,10-11,18H,8-9,12H2,1-2H3. The molecule has 7 nitrogen and oxygen atoms in total. The maximum Gasteiger partial charge on any atom is 0.119 e. The lowest BCUT2D eigenvalue weighted by atomic mass is 9.95. The Bertz CT molecular complexity index is 1560. The first-order chi connectivity index (χ1) is 21.9. The Balaban J connectivity index is 0.000000178. The molecule has 0 saturated carbocycles. The van der Waals surface area contributed by atoms with Gasteiger partial charge in [-0.3, -0.25) is 9.80 Å². The minimum Gasteiger partial charge on any atom is -0.497 e. The smallest absolute Gasteiger partial charge is 0.119 e. The molecule has 0 N–H and O–H groups in total. The lowest BCUT2D eigenvalue weighted by Gasteiger charge is -2.29. The second kappa shape index (κ2) is 15.7. The number of hydrogen-bond donors (Lipinski definition) is 0. The number of hydrogen-bond acceptors (Lipinski definition) is 7. The average Bonchev–Trinajstić information content (AvgIpc) is 3.04. The second-order valence-corrected chi connectivity index (χ2v) is 12.4. The first kappa shape index (κ1) is 33.0. The van der Waals surface area contributed by atoms with Crippen LogP contribution in [-0.2, 0) is 22.6 Å². The van der Waals surface area contributed by atoms with E-state index in [2.05, 4.69) is 88.4 Å². The molecule has 2 aliphatic heterocycles. The van der Waals surface area contributed by atoms with Gasteiger partial charge in [-0.15, -0.1) is 0 Å². The molecule has 4 aromatic rings. The Morgan fingerprint density at radius 3 is 1.58 bits per heavy atom. The molecule has 2 atom stereocenters. The van der Waals surface area contributed by atoms with Gasteiger partial charge < -0.3 is 23.7 Å². The molecule has 238 valence electrons. The highest BCUT2D eigenvalue weighted by Crippen LogP contribution is 2.35. The molecule has 0 fully saturated rings. The zero-order valence-corrected chi connectivity index (χ0v) is 28.4. The predicted octanol–water partition coefficient (Wildman–Crippen LogP) is 7.26. The van der Waals surface area contributed by atoms with Crippen LogP contribution in [0.3, 0.4) is 0 Å². The third-order valence-corrected chi connectivity index (χ3v) is 8.70. The van der Waals surface area contributed by atoms with Crippen molar-refractivity contribution in [2.45, 2.75) is 25.3 Å². The van der Waals surface area contributed by atoms with E-state index in [1.807, 2.05) is 36.4 Å². The van der Waals surface area contributed by atoms with Gasteiger partial charge in [0.2, 0.25) is 0 Å². The zero-order chi connectivity index (χ0) is 31.8. The van der Waals surface area contributed by atoms with Gasteiger partial charge in [0.15, 0.2) is 0 Å². The highest BCUT2D eigenvalue weighted by Gasteiger charge is 2.24. The van der Waals surface area contributed by atoms with E-state index in [1.54, 1.807) is 21.3 Å². The summed E-state index contributed by atoms with van der Waals surface area (Å²) in [5.74, 6) is 2.58. The Morgan fingerprint density at radius 2 is 1.07 bits per heavy atom. The molecule has 0 aliphatic carbocycles. The van der Waals surface area contributed by atoms with E-state index in [0.717, 1.165) is 59.0 Å². The van der Waals surface area contributed by atoms with Gasteiger partial charge in [-0.05, 0) is 96.0 Å². The molecule has 6 rings (SSSR count). The van der Waals surface area contributed by atoms with Crippen LogP contribution in [0.5, 0.6) is 17.2 Å². The molecule has 8 heteroatoms. The molecule has 2 aliphatic rings. The summed E-state index contributed by atoms with van der Waals surface area (Å²) < 4.78 is 29.6. The van der Waals surface area contributed by atoms with Gasteiger partial charge in [-0.1, -0.05) is 52.3 Å². The van der Waals surface area contributed by atoms with Gasteiger partial charge in [-0.2, -0.15) is 0 Å². The van der Waals surface area contributed by atoms with Gasteiger partial charge in [0.05, 0.1) is 34.5 Å². The fourth-order valence-corrected chi connectivity index (χ4v) is 6.21. The molecule has 45 heavy (non-hydrogen) atoms. The maximum atomic E-state index is 6.20. The first-order valence-corrected chi connectivity index (χ1v) is 16.0. The van der Waals surface area contributed by atoms with Gasteiger partial charge in [-0.25, -0.2) is 0 Å². The van der Waals surface area contributed by atoms with Crippen LogP contribution >= 0.6 is 15.9 Å². The summed E-state index contributed by atoms with van der Waals surface area (Å²) in [6, 6.07) is 28.9. The van der Waals surface area contributed by atoms with Crippen LogP contribution in [0.1, 0.15) is 45.6 Å². The van der Waals surface area contributed by atoms with Crippen LogP contribution in [0.2, 0.25) is 0 Å². The number of nitrogens with zero attached hydrogens (tertiary/aromatic N) is 2. The first-order valence-electron chi connectivity index (χ1n) is 15.2. The molecule has 0 radical (unpaired) electrons. The normalized spacial score (nSPS) is 18.9. The van der Waals surface area contributed by atoms with Crippen molar-refractivity contribution >= 4 is 15.9 Å². The number of benzene rings is 4. The van der Waals surface area contributed by atoms with Crippen molar-refractivity contribution in [3.05, 3.63) is 123 Å². The molecule has 0 aromatic heterocycles. The lowest BCUT2D eigenvalue weighted by Crippen LogP contribution is -2.27. The fraction of sp³-hybridized carbons (Fsp3) is 0.351. The predicted molar refractivity (Wildman–Crippen MR) is 181 cm³/mol. The third-order valence-electron chi connectivity index (χ3n) is 8.21. The van der Waals surface area contributed by atoms with E-state index in [9.17, 15) is 0 Å². The van der Waals surface area contributed by atoms with Crippen molar-refractivity contribution in [1.82, 2.24) is 9.80 Å². The van der Waals surface area contributed by atoms with Crippen LogP contribution in [0.15, 0.2) is 89.4 Å². The van der Waals surface area contributed by atoms with E-state index in [0.29, 0.717) is 13.2 Å². The second-order valence-electron chi connectivity index (χ2n) is 11.4. The molecule has 0 bridgehead atoms. The summed E-state index contributed by atoms with van der Waals surface area (Å²) in [6.45, 7) is 5.05. The minimum atomic E-state index is -0.0836. The average molecular weight is 676 g/mol. The zero-order valence-electron chi connectivity index (χ0n) is 26.8. The largest absolute Gasteiger partial charge is 0.497 e. The summed E-state index contributed by atoms with van der Waals surface area (Å²) in [6.07, 6.45) is -0.133. The van der Waals surface area contributed by atoms with Crippen molar-refractivity contribution in [3.63, 3.8) is 0 Å². The van der Waals surface area contributed by atoms with Crippen LogP contribution in [0, 0.1) is 0 Å². The minimum absolute atomic E-state index is 0.0492. The van der Waals surface area contributed by atoms with E-state index in [4.69, 9.17) is 23.7 Å². The van der Waals surface area contributed by atoms with Crippen LogP contribution < -0.4 is 14.2 Å². The number of likely N-dealkylation sites (N-methyl/N-ethyl adjacent to an activating group) is 2. The summed E-state index contributed by atoms with van der Waals surface area (Å²) in [4.78, 5) is 4.55. The van der Waals surface area contributed by atoms with E-state index in [-0.39, 0.29) is 12.2 Å². The Morgan fingerprint density at radius 1 is 0.600 bits per heavy atom. The molecular formula is C37H43BrN2O5. The van der Waals surface area contributed by atoms with Gasteiger partial charge >= 0.3 is 0 Å². The topological polar surface area (TPSA) is 52.6 Å². The fourth-order valence-electron chi connectivity index (χ4n) is 5.80. The van der Waals surface area contributed by atoms with Crippen LogP contribution in [0.4, 0.5) is 0 Å². The summed E-state index contributed by atoms with van der Waals surface area (Å²) in [5, 5.41) is 0. The van der Waals surface area contributed by atoms with Crippen molar-refractivity contribution < 1.29 is 23.7 Å². The highest BCUT2D eigenvalue weighted by molar-refractivity contribution is 9.10. The molecule has 0 spiro atoms. The molecular weight excluding hydrogens is 632 g/mol. The van der Waals surface area contributed by atoms with Crippen molar-refractivity contribution in [1.29, 1.82) is 0 Å². The lowest BCUT2D eigenvalue weighted by molar-refractivity contribution is 0.0551. The van der Waals surface area contributed by atoms with E-state index < -0.39 is 0 Å². The number of rotatable bonds is 5. The Labute approximate surface area is 275 Å². The Hall–Kier alpha value is -3.40. The number of methoxy groups -OCH3 is 3. The molecule has 4 aromatic carbocycles. The SMILES string of the molecule is COc1cccc(C2OCCN(C)Cc3cc(Br)ccc32)c1.COc1cccc(C2OCCN(C)Cc3cc(OC)ccc32)c1. The van der Waals surface area contributed by atoms with E-state index in [1.165, 1.54) is 22.3 Å². The quantitative estimate of drug-likeness (QED) is 0.221. The molecule has 0 amide bonds. The summed E-state index contributed by atoms with van der Waals surface area (Å²) in [5.41, 5.74) is 7.19. The maximum absolute atomic E-state index is 6.20. The van der Waals surface area contributed by atoms with Gasteiger partial charge in [0.25, 0.3) is 0 Å². The highest BCUT2D eigenvalue weighted by atomic mass is 79.9. The van der Waals surface area contributed by atoms with Crippen molar-refractivity contribution in [2.75, 3.05) is 61.7 Å². The number of halogens is 1. The monoisotopic (exact) mass is 674 g/mol. The molecule has 0 saturated heterocycles. The molecule has 2 heterocycles. The Kier molecular flexibility index (Phi) is 11.5. The van der Waals surface area contributed by atoms with E-state index >= 15 is 0 Å². The molecule has 2 unspecified atom stereocenters. The summed E-state index contributed by atoms with van der Waals surface area (Å²) >= 11 is 3.58. The number of fused-ring (bicyclic) bond motifs is 2. The van der Waals surface area contributed by atoms with Crippen molar-refractivity contribution in [3.8, 4) is 17.2 Å². The van der Waals surface area contributed by atoms with Crippen LogP contribution in [0.25, 0.3) is 0 Å². The third kappa shape index (κ3) is 8.45. The van der Waals surface area contributed by atoms with Gasteiger partial charge in [0, 0.05) is 30.7 Å².